The first-order chi connectivity index (χ1) is 9.83. The van der Waals surface area contributed by atoms with Crippen molar-refractivity contribution in [1.29, 1.82) is 0 Å². The molecule has 1 aliphatic rings. The van der Waals surface area contributed by atoms with Crippen LogP contribution in [0.4, 0.5) is 0 Å². The van der Waals surface area contributed by atoms with Crippen molar-refractivity contribution in [3.63, 3.8) is 0 Å². The molecule has 1 atom stereocenters. The van der Waals surface area contributed by atoms with E-state index in [4.69, 9.17) is 4.74 Å². The van der Waals surface area contributed by atoms with Gasteiger partial charge in [0.15, 0.2) is 0 Å². The first kappa shape index (κ1) is 15.3. The van der Waals surface area contributed by atoms with Crippen LogP contribution in [0.2, 0.25) is 0 Å². The SMILES string of the molecule is CCC1CCN(CCc2ccccc2OC)CCCN1. The van der Waals surface area contributed by atoms with E-state index in [1.54, 1.807) is 7.11 Å². The fraction of sp³-hybridized carbons (Fsp3) is 0.647. The minimum absolute atomic E-state index is 0.698. The molecular weight excluding hydrogens is 248 g/mol. The lowest BCUT2D eigenvalue weighted by Crippen LogP contribution is -2.40. The molecule has 1 unspecified atom stereocenters. The van der Waals surface area contributed by atoms with Crippen LogP contribution in [0, 0.1) is 0 Å². The van der Waals surface area contributed by atoms with E-state index in [1.165, 1.54) is 37.9 Å². The summed E-state index contributed by atoms with van der Waals surface area (Å²) in [4.78, 5) is 2.61. The number of ether oxygens (including phenoxy) is 1. The van der Waals surface area contributed by atoms with Crippen molar-refractivity contribution in [2.45, 2.75) is 38.6 Å². The Balaban J connectivity index is 1.85. The van der Waals surface area contributed by atoms with Gasteiger partial charge in [0.25, 0.3) is 0 Å². The Labute approximate surface area is 123 Å². The highest BCUT2D eigenvalue weighted by molar-refractivity contribution is 5.33. The van der Waals surface area contributed by atoms with Gasteiger partial charge in [0.2, 0.25) is 0 Å². The van der Waals surface area contributed by atoms with Crippen LogP contribution in [0.15, 0.2) is 24.3 Å². The van der Waals surface area contributed by atoms with Crippen LogP contribution in [0.5, 0.6) is 5.75 Å². The molecule has 3 heteroatoms. The molecule has 1 N–H and O–H groups in total. The largest absolute Gasteiger partial charge is 0.496 e. The fourth-order valence-electron chi connectivity index (χ4n) is 2.92. The highest BCUT2D eigenvalue weighted by atomic mass is 16.5. The zero-order valence-corrected chi connectivity index (χ0v) is 12.9. The van der Waals surface area contributed by atoms with Gasteiger partial charge >= 0.3 is 0 Å². The number of methoxy groups -OCH3 is 1. The lowest BCUT2D eigenvalue weighted by molar-refractivity contribution is 0.233. The molecule has 0 bridgehead atoms. The first-order valence-electron chi connectivity index (χ1n) is 7.91. The van der Waals surface area contributed by atoms with E-state index in [9.17, 15) is 0 Å². The van der Waals surface area contributed by atoms with E-state index in [2.05, 4.69) is 35.3 Å². The minimum Gasteiger partial charge on any atom is -0.496 e. The van der Waals surface area contributed by atoms with E-state index in [-0.39, 0.29) is 0 Å². The van der Waals surface area contributed by atoms with Gasteiger partial charge in [0, 0.05) is 12.6 Å². The number of benzene rings is 1. The first-order valence-corrected chi connectivity index (χ1v) is 7.91. The molecule has 112 valence electrons. The summed E-state index contributed by atoms with van der Waals surface area (Å²) < 4.78 is 5.44. The monoisotopic (exact) mass is 276 g/mol. The minimum atomic E-state index is 0.698. The molecule has 20 heavy (non-hydrogen) atoms. The zero-order valence-electron chi connectivity index (χ0n) is 12.9. The normalized spacial score (nSPS) is 21.2. The van der Waals surface area contributed by atoms with Gasteiger partial charge in [-0.25, -0.2) is 0 Å². The Bertz CT molecular complexity index is 394. The number of hydrogen-bond acceptors (Lipinski definition) is 3. The smallest absolute Gasteiger partial charge is 0.122 e. The molecule has 0 radical (unpaired) electrons. The second kappa shape index (κ2) is 8.28. The Morgan fingerprint density at radius 2 is 2.15 bits per heavy atom. The van der Waals surface area contributed by atoms with Gasteiger partial charge < -0.3 is 15.0 Å². The average molecular weight is 276 g/mol. The van der Waals surface area contributed by atoms with E-state index < -0.39 is 0 Å². The number of para-hydroxylation sites is 1. The molecule has 1 aliphatic heterocycles. The van der Waals surface area contributed by atoms with Crippen LogP contribution in [0.25, 0.3) is 0 Å². The van der Waals surface area contributed by atoms with Gasteiger partial charge in [-0.2, -0.15) is 0 Å². The number of rotatable bonds is 5. The van der Waals surface area contributed by atoms with Crippen molar-refractivity contribution in [3.8, 4) is 5.75 Å². The predicted octanol–water partition coefficient (Wildman–Crippen LogP) is 2.70. The molecule has 0 saturated carbocycles. The molecule has 0 aliphatic carbocycles. The number of hydrogen-bond donors (Lipinski definition) is 1. The van der Waals surface area contributed by atoms with Gasteiger partial charge in [-0.15, -0.1) is 0 Å². The quantitative estimate of drug-likeness (QED) is 0.895. The van der Waals surface area contributed by atoms with Crippen LogP contribution in [0.3, 0.4) is 0 Å². The third-order valence-electron chi connectivity index (χ3n) is 4.26. The Kier molecular flexibility index (Phi) is 6.34. The maximum Gasteiger partial charge on any atom is 0.122 e. The lowest BCUT2D eigenvalue weighted by Gasteiger charge is -2.28. The van der Waals surface area contributed by atoms with Crippen LogP contribution < -0.4 is 10.1 Å². The van der Waals surface area contributed by atoms with Crippen LogP contribution in [-0.2, 0) is 6.42 Å². The Hall–Kier alpha value is -1.06. The summed E-state index contributed by atoms with van der Waals surface area (Å²) in [5, 5.41) is 3.64. The van der Waals surface area contributed by atoms with Crippen molar-refractivity contribution < 1.29 is 4.74 Å². The maximum atomic E-state index is 5.44. The van der Waals surface area contributed by atoms with Crippen LogP contribution in [0.1, 0.15) is 31.7 Å². The van der Waals surface area contributed by atoms with Crippen molar-refractivity contribution >= 4 is 0 Å². The van der Waals surface area contributed by atoms with Gasteiger partial charge in [-0.05, 0) is 56.9 Å². The number of nitrogens with zero attached hydrogens (tertiary/aromatic N) is 1. The van der Waals surface area contributed by atoms with Gasteiger partial charge in [0.05, 0.1) is 7.11 Å². The van der Waals surface area contributed by atoms with Crippen LogP contribution in [-0.4, -0.2) is 44.2 Å². The summed E-state index contributed by atoms with van der Waals surface area (Å²) >= 11 is 0. The van der Waals surface area contributed by atoms with E-state index in [0.29, 0.717) is 6.04 Å². The van der Waals surface area contributed by atoms with Crippen molar-refractivity contribution in [3.05, 3.63) is 29.8 Å². The second-order valence-corrected chi connectivity index (χ2v) is 5.61. The van der Waals surface area contributed by atoms with E-state index in [0.717, 1.165) is 25.3 Å². The molecule has 0 spiro atoms. The van der Waals surface area contributed by atoms with Gasteiger partial charge in [0.1, 0.15) is 5.75 Å². The summed E-state index contributed by atoms with van der Waals surface area (Å²) in [7, 11) is 1.76. The predicted molar refractivity (Wildman–Crippen MR) is 84.5 cm³/mol. The van der Waals surface area contributed by atoms with Gasteiger partial charge in [-0.3, -0.25) is 0 Å². The highest BCUT2D eigenvalue weighted by Crippen LogP contribution is 2.18. The molecular formula is C17H28N2O. The summed E-state index contributed by atoms with van der Waals surface area (Å²) in [6, 6.07) is 9.07. The Morgan fingerprint density at radius 3 is 2.95 bits per heavy atom. The molecule has 1 saturated heterocycles. The van der Waals surface area contributed by atoms with Crippen molar-refractivity contribution in [2.75, 3.05) is 33.3 Å². The van der Waals surface area contributed by atoms with E-state index in [1.807, 2.05) is 6.07 Å². The topological polar surface area (TPSA) is 24.5 Å². The lowest BCUT2D eigenvalue weighted by atomic mass is 10.1. The summed E-state index contributed by atoms with van der Waals surface area (Å²) in [5.41, 5.74) is 1.32. The third kappa shape index (κ3) is 4.50. The third-order valence-corrected chi connectivity index (χ3v) is 4.26. The molecule has 1 heterocycles. The zero-order chi connectivity index (χ0) is 14.2. The van der Waals surface area contributed by atoms with Crippen molar-refractivity contribution in [2.24, 2.45) is 0 Å². The Morgan fingerprint density at radius 1 is 1.30 bits per heavy atom. The molecule has 0 aromatic heterocycles. The van der Waals surface area contributed by atoms with E-state index >= 15 is 0 Å². The average Bonchev–Trinajstić information content (AvgIpc) is 2.47. The van der Waals surface area contributed by atoms with Crippen molar-refractivity contribution in [1.82, 2.24) is 10.2 Å². The number of nitrogens with one attached hydrogen (secondary N) is 1. The van der Waals surface area contributed by atoms with Crippen LogP contribution >= 0.6 is 0 Å². The molecule has 1 aromatic rings. The summed E-state index contributed by atoms with van der Waals surface area (Å²) in [6.45, 7) is 6.98. The second-order valence-electron chi connectivity index (χ2n) is 5.61. The van der Waals surface area contributed by atoms with Gasteiger partial charge in [-0.1, -0.05) is 25.1 Å². The molecule has 1 aromatic carbocycles. The summed E-state index contributed by atoms with van der Waals surface area (Å²) in [6.07, 6.45) is 4.83. The molecule has 3 nitrogen and oxygen atoms in total. The summed E-state index contributed by atoms with van der Waals surface area (Å²) in [5.74, 6) is 1.02. The fourth-order valence-corrected chi connectivity index (χ4v) is 2.92. The molecule has 1 fully saturated rings. The molecule has 2 rings (SSSR count). The standard InChI is InChI=1S/C17H28N2O/c1-3-16-10-14-19(12-6-11-18-16)13-9-15-7-4-5-8-17(15)20-2/h4-5,7-8,16,18H,3,6,9-14H2,1-2H3. The maximum absolute atomic E-state index is 5.44. The molecule has 0 amide bonds. The highest BCUT2D eigenvalue weighted by Gasteiger charge is 2.13.